The second kappa shape index (κ2) is 7.55. The summed E-state index contributed by atoms with van der Waals surface area (Å²) in [5.74, 6) is 0.858. The zero-order valence-electron chi connectivity index (χ0n) is 12.9. The van der Waals surface area contributed by atoms with Gasteiger partial charge in [0.2, 0.25) is 5.95 Å². The van der Waals surface area contributed by atoms with Gasteiger partial charge in [-0.25, -0.2) is 9.97 Å². The first-order valence-corrected chi connectivity index (χ1v) is 7.55. The summed E-state index contributed by atoms with van der Waals surface area (Å²) in [5.41, 5.74) is 2.27. The van der Waals surface area contributed by atoms with Crippen LogP contribution in [0.5, 0.6) is 0 Å². The number of hydrogen-bond donors (Lipinski definition) is 1. The van der Waals surface area contributed by atoms with Crippen molar-refractivity contribution in [1.82, 2.24) is 15.3 Å². The smallest absolute Gasteiger partial charge is 0.225 e. The molecular weight excluding hydrogens is 252 g/mol. The summed E-state index contributed by atoms with van der Waals surface area (Å²) in [7, 11) is 1.79. The van der Waals surface area contributed by atoms with Gasteiger partial charge in [-0.3, -0.25) is 0 Å². The van der Waals surface area contributed by atoms with Crippen LogP contribution in [-0.4, -0.2) is 42.8 Å². The Kier molecular flexibility index (Phi) is 5.73. The third kappa shape index (κ3) is 3.90. The summed E-state index contributed by atoms with van der Waals surface area (Å²) >= 11 is 0. The van der Waals surface area contributed by atoms with Gasteiger partial charge in [0.25, 0.3) is 0 Å². The maximum absolute atomic E-state index is 5.40. The summed E-state index contributed by atoms with van der Waals surface area (Å²) < 4.78 is 5.40. The fraction of sp³-hybridized carbons (Fsp3) is 0.733. The fourth-order valence-corrected chi connectivity index (χ4v) is 2.50. The number of rotatable bonds is 6. The van der Waals surface area contributed by atoms with Crippen molar-refractivity contribution in [2.45, 2.75) is 45.8 Å². The van der Waals surface area contributed by atoms with Crippen molar-refractivity contribution in [2.75, 3.05) is 31.6 Å². The molecule has 0 bridgehead atoms. The van der Waals surface area contributed by atoms with Gasteiger partial charge in [-0.15, -0.1) is 0 Å². The normalized spacial score (nSPS) is 16.6. The first-order valence-electron chi connectivity index (χ1n) is 7.55. The minimum absolute atomic E-state index is 0.393. The molecule has 0 aromatic carbocycles. The van der Waals surface area contributed by atoms with Crippen molar-refractivity contribution >= 4 is 5.95 Å². The summed E-state index contributed by atoms with van der Waals surface area (Å²) in [4.78, 5) is 11.4. The summed E-state index contributed by atoms with van der Waals surface area (Å²) in [6.07, 6.45) is 5.61. The monoisotopic (exact) mass is 278 g/mol. The van der Waals surface area contributed by atoms with Gasteiger partial charge in [0, 0.05) is 44.2 Å². The number of aryl methyl sites for hydroxylation is 1. The second-order valence-corrected chi connectivity index (χ2v) is 5.38. The predicted octanol–water partition coefficient (Wildman–Crippen LogP) is 1.90. The SMILES string of the molecule is CCCNCc1cnc(N2CCC(OC)CC2)nc1C. The Morgan fingerprint density at radius 1 is 1.40 bits per heavy atom. The summed E-state index contributed by atoms with van der Waals surface area (Å²) in [6, 6.07) is 0. The molecule has 1 aromatic rings. The summed E-state index contributed by atoms with van der Waals surface area (Å²) in [5, 5.41) is 3.39. The lowest BCUT2D eigenvalue weighted by atomic mass is 10.1. The Balaban J connectivity index is 1.95. The summed E-state index contributed by atoms with van der Waals surface area (Å²) in [6.45, 7) is 8.08. The molecule has 0 aliphatic carbocycles. The van der Waals surface area contributed by atoms with E-state index in [0.29, 0.717) is 6.10 Å². The van der Waals surface area contributed by atoms with Gasteiger partial charge in [0.05, 0.1) is 6.10 Å². The average molecular weight is 278 g/mol. The molecule has 5 nitrogen and oxygen atoms in total. The minimum Gasteiger partial charge on any atom is -0.381 e. The minimum atomic E-state index is 0.393. The molecule has 0 spiro atoms. The largest absolute Gasteiger partial charge is 0.381 e. The average Bonchev–Trinajstić information content (AvgIpc) is 2.49. The topological polar surface area (TPSA) is 50.3 Å². The van der Waals surface area contributed by atoms with Gasteiger partial charge in [-0.2, -0.15) is 0 Å². The molecule has 1 aliphatic heterocycles. The molecule has 0 unspecified atom stereocenters. The second-order valence-electron chi connectivity index (χ2n) is 5.38. The molecule has 2 rings (SSSR count). The van der Waals surface area contributed by atoms with Crippen LogP contribution in [0.15, 0.2) is 6.20 Å². The molecule has 0 atom stereocenters. The van der Waals surface area contributed by atoms with Crippen molar-refractivity contribution in [1.29, 1.82) is 0 Å². The van der Waals surface area contributed by atoms with Crippen molar-refractivity contribution in [3.63, 3.8) is 0 Å². The zero-order valence-corrected chi connectivity index (χ0v) is 12.9. The van der Waals surface area contributed by atoms with Gasteiger partial charge in [0.15, 0.2) is 0 Å². The molecule has 112 valence electrons. The highest BCUT2D eigenvalue weighted by Gasteiger charge is 2.20. The lowest BCUT2D eigenvalue weighted by Gasteiger charge is -2.31. The van der Waals surface area contributed by atoms with Crippen LogP contribution in [0.3, 0.4) is 0 Å². The van der Waals surface area contributed by atoms with E-state index in [2.05, 4.69) is 34.0 Å². The molecule has 20 heavy (non-hydrogen) atoms. The molecule has 5 heteroatoms. The first kappa shape index (κ1) is 15.2. The zero-order chi connectivity index (χ0) is 14.4. The van der Waals surface area contributed by atoms with E-state index < -0.39 is 0 Å². The first-order chi connectivity index (χ1) is 9.74. The van der Waals surface area contributed by atoms with Crippen LogP contribution in [-0.2, 0) is 11.3 Å². The van der Waals surface area contributed by atoms with Gasteiger partial charge in [-0.05, 0) is 32.7 Å². The highest BCUT2D eigenvalue weighted by molar-refractivity contribution is 5.33. The molecule has 1 aliphatic rings. The van der Waals surface area contributed by atoms with Crippen LogP contribution in [0.2, 0.25) is 0 Å². The van der Waals surface area contributed by atoms with E-state index in [1.807, 2.05) is 6.20 Å². The quantitative estimate of drug-likeness (QED) is 0.805. The Morgan fingerprint density at radius 2 is 2.15 bits per heavy atom. The number of hydrogen-bond acceptors (Lipinski definition) is 5. The number of methoxy groups -OCH3 is 1. The molecule has 1 saturated heterocycles. The number of anilines is 1. The molecule has 1 aromatic heterocycles. The van der Waals surface area contributed by atoms with E-state index in [1.165, 1.54) is 5.56 Å². The van der Waals surface area contributed by atoms with E-state index in [0.717, 1.165) is 57.1 Å². The maximum atomic E-state index is 5.40. The van der Waals surface area contributed by atoms with Crippen LogP contribution in [0.4, 0.5) is 5.95 Å². The van der Waals surface area contributed by atoms with E-state index >= 15 is 0 Å². The Bertz CT molecular complexity index is 416. The number of nitrogens with zero attached hydrogens (tertiary/aromatic N) is 3. The molecular formula is C15H26N4O. The number of piperidine rings is 1. The molecule has 1 N–H and O–H groups in total. The van der Waals surface area contributed by atoms with Crippen LogP contribution in [0.25, 0.3) is 0 Å². The van der Waals surface area contributed by atoms with Crippen LogP contribution >= 0.6 is 0 Å². The number of nitrogens with one attached hydrogen (secondary N) is 1. The fourth-order valence-electron chi connectivity index (χ4n) is 2.50. The number of aromatic nitrogens is 2. The lowest BCUT2D eigenvalue weighted by Crippen LogP contribution is -2.37. The molecule has 1 fully saturated rings. The van der Waals surface area contributed by atoms with E-state index in [1.54, 1.807) is 7.11 Å². The Labute approximate surface area is 121 Å². The predicted molar refractivity (Wildman–Crippen MR) is 81.0 cm³/mol. The van der Waals surface area contributed by atoms with Crippen molar-refractivity contribution in [2.24, 2.45) is 0 Å². The van der Waals surface area contributed by atoms with Gasteiger partial charge >= 0.3 is 0 Å². The van der Waals surface area contributed by atoms with Crippen molar-refractivity contribution < 1.29 is 4.74 Å². The lowest BCUT2D eigenvalue weighted by molar-refractivity contribution is 0.0816. The van der Waals surface area contributed by atoms with E-state index in [-0.39, 0.29) is 0 Å². The molecule has 0 saturated carbocycles. The Hall–Kier alpha value is -1.20. The van der Waals surface area contributed by atoms with Crippen LogP contribution < -0.4 is 10.2 Å². The van der Waals surface area contributed by atoms with E-state index in [4.69, 9.17) is 4.74 Å². The van der Waals surface area contributed by atoms with Gasteiger partial charge < -0.3 is 15.0 Å². The number of ether oxygens (including phenoxy) is 1. The Morgan fingerprint density at radius 3 is 2.75 bits per heavy atom. The van der Waals surface area contributed by atoms with Crippen LogP contribution in [0.1, 0.15) is 37.4 Å². The van der Waals surface area contributed by atoms with Gasteiger partial charge in [-0.1, -0.05) is 6.92 Å². The highest BCUT2D eigenvalue weighted by atomic mass is 16.5. The molecule has 0 amide bonds. The molecule has 0 radical (unpaired) electrons. The van der Waals surface area contributed by atoms with Crippen LogP contribution in [0, 0.1) is 6.92 Å². The molecule has 2 heterocycles. The van der Waals surface area contributed by atoms with Crippen molar-refractivity contribution in [3.05, 3.63) is 17.5 Å². The third-order valence-electron chi connectivity index (χ3n) is 3.87. The standard InChI is InChI=1S/C15H26N4O/c1-4-7-16-10-13-11-17-15(18-12(13)2)19-8-5-14(20-3)6-9-19/h11,14,16H,4-10H2,1-3H3. The highest BCUT2D eigenvalue weighted by Crippen LogP contribution is 2.18. The van der Waals surface area contributed by atoms with Crippen molar-refractivity contribution in [3.8, 4) is 0 Å². The van der Waals surface area contributed by atoms with Gasteiger partial charge in [0.1, 0.15) is 0 Å². The third-order valence-corrected chi connectivity index (χ3v) is 3.87. The maximum Gasteiger partial charge on any atom is 0.225 e. The van der Waals surface area contributed by atoms with E-state index in [9.17, 15) is 0 Å².